The van der Waals surface area contributed by atoms with E-state index >= 15 is 0 Å². The molecule has 2 rings (SSSR count). The van der Waals surface area contributed by atoms with Crippen molar-refractivity contribution in [3.8, 4) is 11.5 Å². The van der Waals surface area contributed by atoms with E-state index in [0.717, 1.165) is 0 Å². The fourth-order valence-electron chi connectivity index (χ4n) is 1.35. The fraction of sp³-hybridized carbons (Fsp3) is 0.333. The minimum atomic E-state index is -3.73. The van der Waals surface area contributed by atoms with Gasteiger partial charge in [-0.05, 0) is 12.1 Å². The standard InChI is InChI=1S/C9H9ClO4S/c1-9(2)13-7-4-3-6(15(10,11)12)5-8(7)14-9/h3-5H,1-2H3. The lowest BCUT2D eigenvalue weighted by Crippen LogP contribution is -2.29. The number of ether oxygens (including phenoxy) is 2. The summed E-state index contributed by atoms with van der Waals surface area (Å²) in [5, 5.41) is 0. The van der Waals surface area contributed by atoms with Gasteiger partial charge in [0.1, 0.15) is 0 Å². The SMILES string of the molecule is CC1(C)Oc2ccc(S(=O)(=O)Cl)cc2O1. The molecule has 0 atom stereocenters. The quantitative estimate of drug-likeness (QED) is 0.715. The Kier molecular flexibility index (Phi) is 2.13. The van der Waals surface area contributed by atoms with E-state index < -0.39 is 14.8 Å². The van der Waals surface area contributed by atoms with Crippen LogP contribution < -0.4 is 9.47 Å². The molecule has 0 saturated heterocycles. The van der Waals surface area contributed by atoms with Crippen molar-refractivity contribution >= 4 is 19.7 Å². The lowest BCUT2D eigenvalue weighted by Gasteiger charge is -2.16. The Hall–Kier alpha value is -0.940. The van der Waals surface area contributed by atoms with Crippen molar-refractivity contribution in [1.29, 1.82) is 0 Å². The van der Waals surface area contributed by atoms with E-state index in [0.29, 0.717) is 11.5 Å². The van der Waals surface area contributed by atoms with E-state index in [4.69, 9.17) is 20.2 Å². The van der Waals surface area contributed by atoms with Crippen LogP contribution in [0.2, 0.25) is 0 Å². The molecule has 0 bridgehead atoms. The number of benzene rings is 1. The summed E-state index contributed by atoms with van der Waals surface area (Å²) in [5.74, 6) is 0.141. The van der Waals surface area contributed by atoms with Gasteiger partial charge in [0, 0.05) is 30.6 Å². The van der Waals surface area contributed by atoms with Crippen LogP contribution in [0.3, 0.4) is 0 Å². The predicted molar refractivity (Wildman–Crippen MR) is 54.8 cm³/mol. The van der Waals surface area contributed by atoms with Crippen LogP contribution >= 0.6 is 10.7 Å². The van der Waals surface area contributed by atoms with Crippen molar-refractivity contribution in [3.05, 3.63) is 18.2 Å². The lowest BCUT2D eigenvalue weighted by atomic mass is 10.3. The maximum atomic E-state index is 11.1. The zero-order valence-electron chi connectivity index (χ0n) is 8.15. The minimum absolute atomic E-state index is 0.00390. The molecule has 0 fully saturated rings. The van der Waals surface area contributed by atoms with Gasteiger partial charge in [-0.25, -0.2) is 8.42 Å². The van der Waals surface area contributed by atoms with E-state index in [1.165, 1.54) is 18.2 Å². The first kappa shape index (κ1) is 10.6. The second kappa shape index (κ2) is 3.02. The number of halogens is 1. The highest BCUT2D eigenvalue weighted by Crippen LogP contribution is 2.40. The molecule has 0 aromatic heterocycles. The largest absolute Gasteiger partial charge is 0.449 e. The van der Waals surface area contributed by atoms with Gasteiger partial charge in [-0.15, -0.1) is 0 Å². The maximum Gasteiger partial charge on any atom is 0.261 e. The summed E-state index contributed by atoms with van der Waals surface area (Å²) < 4.78 is 32.9. The van der Waals surface area contributed by atoms with Crippen LogP contribution in [0.1, 0.15) is 13.8 Å². The van der Waals surface area contributed by atoms with Gasteiger partial charge in [0.15, 0.2) is 11.5 Å². The monoisotopic (exact) mass is 248 g/mol. The van der Waals surface area contributed by atoms with Gasteiger partial charge in [0.2, 0.25) is 5.79 Å². The Balaban J connectivity index is 2.48. The summed E-state index contributed by atoms with van der Waals surface area (Å²) in [6.07, 6.45) is 0. The number of hydrogen-bond acceptors (Lipinski definition) is 4. The molecule has 0 unspecified atom stereocenters. The molecule has 0 saturated carbocycles. The first-order valence-corrected chi connectivity index (χ1v) is 6.56. The molecule has 82 valence electrons. The first-order chi connectivity index (χ1) is 6.78. The third kappa shape index (κ3) is 2.03. The lowest BCUT2D eigenvalue weighted by molar-refractivity contribution is -0.0432. The van der Waals surface area contributed by atoms with Gasteiger partial charge < -0.3 is 9.47 Å². The van der Waals surface area contributed by atoms with Crippen LogP contribution in [0, 0.1) is 0 Å². The van der Waals surface area contributed by atoms with Crippen LogP contribution in [-0.2, 0) is 9.05 Å². The van der Waals surface area contributed by atoms with Crippen LogP contribution in [-0.4, -0.2) is 14.2 Å². The average Bonchev–Trinajstić information content (AvgIpc) is 2.34. The van der Waals surface area contributed by atoms with Gasteiger partial charge in [-0.2, -0.15) is 0 Å². The molecule has 15 heavy (non-hydrogen) atoms. The Labute approximate surface area is 92.2 Å². The summed E-state index contributed by atoms with van der Waals surface area (Å²) >= 11 is 0. The molecule has 0 radical (unpaired) electrons. The van der Waals surface area contributed by atoms with Crippen molar-refractivity contribution in [1.82, 2.24) is 0 Å². The normalized spacial score (nSPS) is 17.8. The number of rotatable bonds is 1. The highest BCUT2D eigenvalue weighted by atomic mass is 35.7. The van der Waals surface area contributed by atoms with Crippen LogP contribution in [0.15, 0.2) is 23.1 Å². The molecule has 1 aromatic carbocycles. The Bertz CT molecular complexity index is 507. The van der Waals surface area contributed by atoms with Crippen molar-refractivity contribution in [2.75, 3.05) is 0 Å². The summed E-state index contributed by atoms with van der Waals surface area (Å²) in [4.78, 5) is 0.00390. The molecule has 0 spiro atoms. The van der Waals surface area contributed by atoms with E-state index in [-0.39, 0.29) is 4.90 Å². The summed E-state index contributed by atoms with van der Waals surface area (Å²) in [5.41, 5.74) is 0. The van der Waals surface area contributed by atoms with Gasteiger partial charge in [-0.1, -0.05) is 0 Å². The highest BCUT2D eigenvalue weighted by Gasteiger charge is 2.32. The third-order valence-corrected chi connectivity index (χ3v) is 3.26. The van der Waals surface area contributed by atoms with Crippen molar-refractivity contribution in [3.63, 3.8) is 0 Å². The maximum absolute atomic E-state index is 11.1. The van der Waals surface area contributed by atoms with Gasteiger partial charge in [0.05, 0.1) is 4.90 Å². The molecule has 0 N–H and O–H groups in total. The number of fused-ring (bicyclic) bond motifs is 1. The fourth-order valence-corrected chi connectivity index (χ4v) is 2.12. The predicted octanol–water partition coefficient (Wildman–Crippen LogP) is 2.12. The first-order valence-electron chi connectivity index (χ1n) is 4.25. The smallest absolute Gasteiger partial charge is 0.261 e. The molecule has 1 aliphatic heterocycles. The van der Waals surface area contributed by atoms with Crippen LogP contribution in [0.4, 0.5) is 0 Å². The zero-order valence-corrected chi connectivity index (χ0v) is 9.72. The average molecular weight is 249 g/mol. The molecule has 1 heterocycles. The second-order valence-electron chi connectivity index (χ2n) is 3.65. The van der Waals surface area contributed by atoms with Gasteiger partial charge in [-0.3, -0.25) is 0 Å². The molecule has 0 amide bonds. The second-order valence-corrected chi connectivity index (χ2v) is 6.22. The summed E-state index contributed by atoms with van der Waals surface area (Å²) in [6.45, 7) is 3.48. The van der Waals surface area contributed by atoms with E-state index in [1.807, 2.05) is 0 Å². The third-order valence-electron chi connectivity index (χ3n) is 1.91. The molecule has 6 heteroatoms. The van der Waals surface area contributed by atoms with Crippen molar-refractivity contribution in [2.45, 2.75) is 24.5 Å². The molecule has 0 aliphatic carbocycles. The van der Waals surface area contributed by atoms with E-state index in [1.54, 1.807) is 13.8 Å². The topological polar surface area (TPSA) is 52.6 Å². The Morgan fingerprint density at radius 1 is 1.20 bits per heavy atom. The number of hydrogen-bond donors (Lipinski definition) is 0. The molecule has 1 aromatic rings. The molecular weight excluding hydrogens is 240 g/mol. The van der Waals surface area contributed by atoms with Gasteiger partial charge >= 0.3 is 0 Å². The van der Waals surface area contributed by atoms with E-state index in [2.05, 4.69) is 0 Å². The zero-order chi connectivity index (χ0) is 11.3. The Morgan fingerprint density at radius 3 is 2.40 bits per heavy atom. The summed E-state index contributed by atoms with van der Waals surface area (Å²) in [6, 6.07) is 4.26. The van der Waals surface area contributed by atoms with Crippen molar-refractivity contribution < 1.29 is 17.9 Å². The molecular formula is C9H9ClO4S. The van der Waals surface area contributed by atoms with E-state index in [9.17, 15) is 8.42 Å². The van der Waals surface area contributed by atoms with Crippen molar-refractivity contribution in [2.24, 2.45) is 0 Å². The Morgan fingerprint density at radius 2 is 1.80 bits per heavy atom. The van der Waals surface area contributed by atoms with Crippen LogP contribution in [0.5, 0.6) is 11.5 Å². The molecule has 4 nitrogen and oxygen atoms in total. The molecule has 1 aliphatic rings. The van der Waals surface area contributed by atoms with Crippen LogP contribution in [0.25, 0.3) is 0 Å². The van der Waals surface area contributed by atoms with Gasteiger partial charge in [0.25, 0.3) is 9.05 Å². The highest BCUT2D eigenvalue weighted by molar-refractivity contribution is 8.13. The minimum Gasteiger partial charge on any atom is -0.449 e. The summed E-state index contributed by atoms with van der Waals surface area (Å²) in [7, 11) is 1.48.